The van der Waals surface area contributed by atoms with Gasteiger partial charge >= 0.3 is 0 Å². The van der Waals surface area contributed by atoms with Gasteiger partial charge in [0.05, 0.1) is 0 Å². The smallest absolute Gasteiger partial charge is 0.207 e. The Bertz CT molecular complexity index is 525. The van der Waals surface area contributed by atoms with E-state index < -0.39 is 0 Å². The van der Waals surface area contributed by atoms with Crippen LogP contribution in [0.25, 0.3) is 0 Å². The van der Waals surface area contributed by atoms with Crippen LogP contribution in [0, 0.1) is 4.77 Å². The number of carbonyl (C=O) groups excluding carboxylic acids is 1. The van der Waals surface area contributed by atoms with E-state index in [9.17, 15) is 4.79 Å². The number of imidazole rings is 1. The number of rotatable bonds is 4. The Morgan fingerprint density at radius 3 is 2.41 bits per heavy atom. The Balaban J connectivity index is 3.64. The van der Waals surface area contributed by atoms with E-state index in [1.54, 1.807) is 6.92 Å². The van der Waals surface area contributed by atoms with E-state index in [0.717, 1.165) is 11.1 Å². The van der Waals surface area contributed by atoms with Crippen molar-refractivity contribution in [1.29, 1.82) is 0 Å². The average molecular weight is 317 g/mol. The molecule has 0 bridgehead atoms. The molecule has 0 spiro atoms. The van der Waals surface area contributed by atoms with Crippen LogP contribution in [0.2, 0.25) is 0 Å². The van der Waals surface area contributed by atoms with Crippen LogP contribution in [-0.2, 0) is 6.54 Å². The third-order valence-electron chi connectivity index (χ3n) is 2.55. The van der Waals surface area contributed by atoms with Gasteiger partial charge in [0.15, 0.2) is 4.77 Å². The average Bonchev–Trinajstić information content (AvgIpc) is 2.48. The van der Waals surface area contributed by atoms with Gasteiger partial charge in [-0.3, -0.25) is 4.79 Å². The van der Waals surface area contributed by atoms with E-state index in [2.05, 4.69) is 22.5 Å². The second kappa shape index (κ2) is 5.31. The summed E-state index contributed by atoms with van der Waals surface area (Å²) in [4.78, 5) is 12.2. The first kappa shape index (κ1) is 14.4. The Labute approximate surface area is 115 Å². The number of Topliss-reactive ketones (excluding diaryl/α,β-unsaturated/α-hetero) is 1. The van der Waals surface area contributed by atoms with Gasteiger partial charge in [-0.2, -0.15) is 0 Å². The summed E-state index contributed by atoms with van der Waals surface area (Å²) in [6.07, 6.45) is 0. The third kappa shape index (κ3) is 2.45. The molecular weight excluding hydrogens is 300 g/mol. The minimum Gasteiger partial charge on any atom is -0.311 e. The molecule has 5 heteroatoms. The second-order valence-corrected chi connectivity index (χ2v) is 5.36. The first-order chi connectivity index (χ1) is 7.82. The van der Waals surface area contributed by atoms with Crippen molar-refractivity contribution in [2.45, 2.75) is 40.3 Å². The monoisotopic (exact) mass is 316 g/mol. The van der Waals surface area contributed by atoms with E-state index in [0.29, 0.717) is 16.0 Å². The molecule has 1 rings (SSSR count). The van der Waals surface area contributed by atoms with Crippen LogP contribution in [0.15, 0.2) is 16.8 Å². The lowest BCUT2D eigenvalue weighted by Gasteiger charge is -2.11. The molecule has 0 aliphatic carbocycles. The number of nitrogens with zero attached hydrogens (tertiary/aromatic N) is 2. The van der Waals surface area contributed by atoms with Crippen molar-refractivity contribution < 1.29 is 4.79 Å². The summed E-state index contributed by atoms with van der Waals surface area (Å²) in [6.45, 7) is 12.2. The van der Waals surface area contributed by atoms with Gasteiger partial charge in [-0.1, -0.05) is 6.58 Å². The van der Waals surface area contributed by atoms with Gasteiger partial charge in [-0.15, -0.1) is 0 Å². The number of carbonyl (C=O) groups is 1. The largest absolute Gasteiger partial charge is 0.311 e. The molecule has 1 aromatic heterocycles. The van der Waals surface area contributed by atoms with Crippen LogP contribution >= 0.6 is 28.1 Å². The number of halogens is 1. The summed E-state index contributed by atoms with van der Waals surface area (Å²) in [6, 6.07) is 0.143. The molecule has 0 radical (unpaired) electrons. The van der Waals surface area contributed by atoms with E-state index >= 15 is 0 Å². The molecule has 1 aromatic rings. The van der Waals surface area contributed by atoms with E-state index in [1.165, 1.54) is 0 Å². The zero-order valence-corrected chi connectivity index (χ0v) is 13.0. The molecule has 0 aromatic carbocycles. The third-order valence-corrected chi connectivity index (χ3v) is 3.77. The highest BCUT2D eigenvalue weighted by Crippen LogP contribution is 2.26. The van der Waals surface area contributed by atoms with Crippen molar-refractivity contribution in [1.82, 2.24) is 9.13 Å². The Morgan fingerprint density at radius 2 is 2.06 bits per heavy atom. The molecular formula is C12H17BrN2OS. The Kier molecular flexibility index (Phi) is 4.49. The van der Waals surface area contributed by atoms with Crippen LogP contribution in [-0.4, -0.2) is 14.9 Å². The normalized spacial score (nSPS) is 10.9. The van der Waals surface area contributed by atoms with Gasteiger partial charge < -0.3 is 9.13 Å². The Morgan fingerprint density at radius 1 is 1.53 bits per heavy atom. The van der Waals surface area contributed by atoms with Crippen LogP contribution in [0.1, 0.15) is 44.2 Å². The summed E-state index contributed by atoms with van der Waals surface area (Å²) < 4.78 is 5.19. The first-order valence-corrected chi connectivity index (χ1v) is 6.73. The molecule has 94 valence electrons. The summed E-state index contributed by atoms with van der Waals surface area (Å²) in [5.41, 5.74) is 1.11. The molecule has 0 aliphatic heterocycles. The minimum absolute atomic E-state index is 0.0659. The van der Waals surface area contributed by atoms with Gasteiger partial charge in [0, 0.05) is 12.6 Å². The highest BCUT2D eigenvalue weighted by molar-refractivity contribution is 9.10. The van der Waals surface area contributed by atoms with E-state index in [4.69, 9.17) is 12.2 Å². The zero-order chi connectivity index (χ0) is 13.3. The van der Waals surface area contributed by atoms with Crippen molar-refractivity contribution in [3.05, 3.63) is 27.2 Å². The molecule has 1 heterocycles. The SMILES string of the molecule is C=C(C)C(=O)c1c(Br)n(CC)c(=S)n1C(C)C. The molecule has 0 saturated heterocycles. The van der Waals surface area contributed by atoms with E-state index in [-0.39, 0.29) is 11.8 Å². The highest BCUT2D eigenvalue weighted by atomic mass is 79.9. The lowest BCUT2D eigenvalue weighted by Crippen LogP contribution is -2.12. The summed E-state index contributed by atoms with van der Waals surface area (Å²) in [7, 11) is 0. The Hall–Kier alpha value is -0.680. The van der Waals surface area contributed by atoms with Crippen molar-refractivity contribution in [2.75, 3.05) is 0 Å². The van der Waals surface area contributed by atoms with Gasteiger partial charge in [-0.05, 0) is 61.4 Å². The van der Waals surface area contributed by atoms with Crippen LogP contribution in [0.4, 0.5) is 0 Å². The second-order valence-electron chi connectivity index (χ2n) is 4.24. The molecule has 17 heavy (non-hydrogen) atoms. The van der Waals surface area contributed by atoms with Crippen LogP contribution < -0.4 is 0 Å². The summed E-state index contributed by atoms with van der Waals surface area (Å²) >= 11 is 8.86. The quantitative estimate of drug-likeness (QED) is 0.474. The summed E-state index contributed by atoms with van der Waals surface area (Å²) in [5.74, 6) is -0.0659. The molecule has 0 aliphatic rings. The fraction of sp³-hybridized carbons (Fsp3) is 0.500. The number of aromatic nitrogens is 2. The fourth-order valence-corrected chi connectivity index (χ4v) is 3.12. The lowest BCUT2D eigenvalue weighted by atomic mass is 10.1. The minimum atomic E-state index is -0.0659. The maximum Gasteiger partial charge on any atom is 0.207 e. The van der Waals surface area contributed by atoms with Crippen molar-refractivity contribution in [3.63, 3.8) is 0 Å². The van der Waals surface area contributed by atoms with Crippen LogP contribution in [0.5, 0.6) is 0 Å². The molecule has 0 fully saturated rings. The number of ketones is 1. The molecule has 0 N–H and O–H groups in total. The predicted octanol–water partition coefficient (Wildman–Crippen LogP) is 4.14. The van der Waals surface area contributed by atoms with E-state index in [1.807, 2.05) is 29.9 Å². The molecule has 0 saturated carbocycles. The fourth-order valence-electron chi connectivity index (χ4n) is 1.70. The van der Waals surface area contributed by atoms with Crippen molar-refractivity contribution in [3.8, 4) is 0 Å². The zero-order valence-electron chi connectivity index (χ0n) is 10.6. The van der Waals surface area contributed by atoms with Gasteiger partial charge in [0.2, 0.25) is 5.78 Å². The number of hydrogen-bond acceptors (Lipinski definition) is 2. The van der Waals surface area contributed by atoms with Crippen molar-refractivity contribution in [2.24, 2.45) is 0 Å². The maximum atomic E-state index is 12.2. The lowest BCUT2D eigenvalue weighted by molar-refractivity contribution is 0.102. The predicted molar refractivity (Wildman–Crippen MR) is 76.2 cm³/mol. The van der Waals surface area contributed by atoms with Gasteiger partial charge in [0.25, 0.3) is 0 Å². The van der Waals surface area contributed by atoms with Gasteiger partial charge in [0.1, 0.15) is 10.3 Å². The highest BCUT2D eigenvalue weighted by Gasteiger charge is 2.22. The van der Waals surface area contributed by atoms with Crippen LogP contribution in [0.3, 0.4) is 0 Å². The molecule has 0 amide bonds. The molecule has 0 atom stereocenters. The standard InChI is InChI=1S/C12H17BrN2OS/c1-6-14-11(13)9(10(16)7(2)3)15(8(4)5)12(14)17/h8H,2,6H2,1,3-5H3. The maximum absolute atomic E-state index is 12.2. The number of hydrogen-bond donors (Lipinski definition) is 0. The van der Waals surface area contributed by atoms with Gasteiger partial charge in [-0.25, -0.2) is 0 Å². The molecule has 0 unspecified atom stereocenters. The topological polar surface area (TPSA) is 26.9 Å². The summed E-state index contributed by atoms with van der Waals surface area (Å²) in [5, 5.41) is 0. The molecule has 3 nitrogen and oxygen atoms in total. The first-order valence-electron chi connectivity index (χ1n) is 5.53. The number of allylic oxidation sites excluding steroid dienone is 1. The van der Waals surface area contributed by atoms with Crippen molar-refractivity contribution >= 4 is 33.9 Å².